The number of carbonyl (C=O) groups is 1. The van der Waals surface area contributed by atoms with Gasteiger partial charge in [0.1, 0.15) is 6.04 Å². The van der Waals surface area contributed by atoms with Gasteiger partial charge in [-0.1, -0.05) is 11.6 Å². The second-order valence-electron chi connectivity index (χ2n) is 4.71. The summed E-state index contributed by atoms with van der Waals surface area (Å²) in [5.74, 6) is -0.00625. The van der Waals surface area contributed by atoms with Gasteiger partial charge in [-0.3, -0.25) is 4.79 Å². The van der Waals surface area contributed by atoms with Crippen LogP contribution in [0.4, 0.5) is 0 Å². The highest BCUT2D eigenvalue weighted by atomic mass is 35.5. The number of sulfonamides is 1. The summed E-state index contributed by atoms with van der Waals surface area (Å²) in [6.07, 6.45) is 1.17. The first-order valence-electron chi connectivity index (χ1n) is 6.58. The molecule has 2 rings (SSSR count). The highest BCUT2D eigenvalue weighted by molar-refractivity contribution is 7.89. The standard InChI is InChI=1S/C13H16Cl2N2O3S/c14-7-8-16-13(18)12-2-1-9-17(12)21(19,20)11-5-3-10(15)4-6-11/h3-6,12H,1-2,7-9H2,(H,16,18)/t12-/m0/s1. The van der Waals surface area contributed by atoms with Crippen LogP contribution in [0.5, 0.6) is 0 Å². The minimum Gasteiger partial charge on any atom is -0.354 e. The van der Waals surface area contributed by atoms with Gasteiger partial charge < -0.3 is 5.32 Å². The van der Waals surface area contributed by atoms with Gasteiger partial charge in [-0.15, -0.1) is 11.6 Å². The molecule has 1 saturated heterocycles. The van der Waals surface area contributed by atoms with Gasteiger partial charge in [0.15, 0.2) is 0 Å². The van der Waals surface area contributed by atoms with Crippen LogP contribution in [0.25, 0.3) is 0 Å². The van der Waals surface area contributed by atoms with E-state index in [2.05, 4.69) is 5.32 Å². The lowest BCUT2D eigenvalue weighted by molar-refractivity contribution is -0.124. The van der Waals surface area contributed by atoms with Crippen molar-refractivity contribution in [1.29, 1.82) is 0 Å². The Morgan fingerprint density at radius 3 is 2.62 bits per heavy atom. The number of amides is 1. The molecular weight excluding hydrogens is 335 g/mol. The van der Waals surface area contributed by atoms with Crippen LogP contribution in [-0.2, 0) is 14.8 Å². The van der Waals surface area contributed by atoms with Gasteiger partial charge in [0, 0.05) is 24.0 Å². The molecule has 0 aliphatic carbocycles. The Morgan fingerprint density at radius 1 is 1.33 bits per heavy atom. The van der Waals surface area contributed by atoms with Crippen molar-refractivity contribution < 1.29 is 13.2 Å². The molecule has 0 unspecified atom stereocenters. The van der Waals surface area contributed by atoms with Gasteiger partial charge in [-0.25, -0.2) is 8.42 Å². The maximum absolute atomic E-state index is 12.6. The van der Waals surface area contributed by atoms with Crippen LogP contribution in [0, 0.1) is 0 Å². The van der Waals surface area contributed by atoms with Crippen molar-refractivity contribution in [3.8, 4) is 0 Å². The van der Waals surface area contributed by atoms with Crippen LogP contribution in [-0.4, -0.2) is 43.6 Å². The zero-order valence-corrected chi connectivity index (χ0v) is 13.6. The van der Waals surface area contributed by atoms with E-state index < -0.39 is 16.1 Å². The number of hydrogen-bond donors (Lipinski definition) is 1. The number of rotatable bonds is 5. The highest BCUT2D eigenvalue weighted by Gasteiger charge is 2.39. The van der Waals surface area contributed by atoms with E-state index >= 15 is 0 Å². The molecule has 1 aromatic rings. The van der Waals surface area contributed by atoms with Gasteiger partial charge in [0.25, 0.3) is 0 Å². The first-order chi connectivity index (χ1) is 9.96. The van der Waals surface area contributed by atoms with Crippen LogP contribution in [0.1, 0.15) is 12.8 Å². The molecular formula is C13H16Cl2N2O3S. The Hall–Kier alpha value is -0.820. The lowest BCUT2D eigenvalue weighted by atomic mass is 10.2. The second kappa shape index (κ2) is 6.96. The molecule has 21 heavy (non-hydrogen) atoms. The Labute approximate surface area is 134 Å². The summed E-state index contributed by atoms with van der Waals surface area (Å²) < 4.78 is 26.5. The SMILES string of the molecule is O=C(NCCCl)[C@@H]1CCCN1S(=O)(=O)c1ccc(Cl)cc1. The fourth-order valence-corrected chi connectivity index (χ4v) is 4.20. The fraction of sp³-hybridized carbons (Fsp3) is 0.462. The lowest BCUT2D eigenvalue weighted by Crippen LogP contribution is -2.46. The maximum Gasteiger partial charge on any atom is 0.243 e. The van der Waals surface area contributed by atoms with E-state index in [1.807, 2.05) is 0 Å². The first-order valence-corrected chi connectivity index (χ1v) is 8.93. The van der Waals surface area contributed by atoms with Crippen molar-refractivity contribution in [2.45, 2.75) is 23.8 Å². The third-order valence-electron chi connectivity index (χ3n) is 3.32. The molecule has 0 spiro atoms. The van der Waals surface area contributed by atoms with E-state index in [-0.39, 0.29) is 10.8 Å². The molecule has 0 aromatic heterocycles. The molecule has 1 heterocycles. The number of benzene rings is 1. The van der Waals surface area contributed by atoms with Gasteiger partial charge in [-0.05, 0) is 37.1 Å². The quantitative estimate of drug-likeness (QED) is 0.824. The summed E-state index contributed by atoms with van der Waals surface area (Å²) in [6.45, 7) is 0.662. The van der Waals surface area contributed by atoms with Crippen LogP contribution in [0.15, 0.2) is 29.2 Å². The number of nitrogens with zero attached hydrogens (tertiary/aromatic N) is 1. The Morgan fingerprint density at radius 2 is 2.00 bits per heavy atom. The molecule has 8 heteroatoms. The third-order valence-corrected chi connectivity index (χ3v) is 5.68. The predicted octanol–water partition coefficient (Wildman–Crippen LogP) is 1.85. The molecule has 116 valence electrons. The molecule has 1 atom stereocenters. The number of hydrogen-bond acceptors (Lipinski definition) is 3. The smallest absolute Gasteiger partial charge is 0.243 e. The molecule has 5 nitrogen and oxygen atoms in total. The summed E-state index contributed by atoms with van der Waals surface area (Å²) in [4.78, 5) is 12.2. The van der Waals surface area contributed by atoms with Gasteiger partial charge in [0.05, 0.1) is 4.90 Å². The van der Waals surface area contributed by atoms with Gasteiger partial charge in [-0.2, -0.15) is 4.31 Å². The van der Waals surface area contributed by atoms with E-state index in [1.165, 1.54) is 28.6 Å². The largest absolute Gasteiger partial charge is 0.354 e. The van der Waals surface area contributed by atoms with E-state index in [0.29, 0.717) is 36.8 Å². The molecule has 0 saturated carbocycles. The summed E-state index contributed by atoms with van der Waals surface area (Å²) in [6, 6.07) is 5.27. The fourth-order valence-electron chi connectivity index (χ4n) is 2.32. The molecule has 1 fully saturated rings. The topological polar surface area (TPSA) is 66.5 Å². The minimum atomic E-state index is -3.69. The summed E-state index contributed by atoms with van der Waals surface area (Å²) >= 11 is 11.3. The number of halogens is 2. The number of nitrogens with one attached hydrogen (secondary N) is 1. The van der Waals surface area contributed by atoms with Crippen LogP contribution < -0.4 is 5.32 Å². The molecule has 0 radical (unpaired) electrons. The Balaban J connectivity index is 2.22. The minimum absolute atomic E-state index is 0.143. The van der Waals surface area contributed by atoms with Crippen molar-refractivity contribution in [3.63, 3.8) is 0 Å². The molecule has 1 amide bonds. The van der Waals surface area contributed by atoms with Crippen molar-refractivity contribution >= 4 is 39.1 Å². The number of carbonyl (C=O) groups excluding carboxylic acids is 1. The molecule has 1 aromatic carbocycles. The zero-order chi connectivity index (χ0) is 15.5. The lowest BCUT2D eigenvalue weighted by Gasteiger charge is -2.23. The van der Waals surface area contributed by atoms with E-state index in [0.717, 1.165) is 0 Å². The average molecular weight is 351 g/mol. The van der Waals surface area contributed by atoms with Crippen molar-refractivity contribution in [3.05, 3.63) is 29.3 Å². The molecule has 0 bridgehead atoms. The first kappa shape index (κ1) is 16.5. The maximum atomic E-state index is 12.6. The molecule has 1 aliphatic rings. The second-order valence-corrected chi connectivity index (χ2v) is 7.41. The Bertz CT molecular complexity index is 604. The average Bonchev–Trinajstić information content (AvgIpc) is 2.95. The van der Waals surface area contributed by atoms with Crippen LogP contribution in [0.3, 0.4) is 0 Å². The molecule has 1 aliphatic heterocycles. The van der Waals surface area contributed by atoms with Gasteiger partial charge >= 0.3 is 0 Å². The highest BCUT2D eigenvalue weighted by Crippen LogP contribution is 2.26. The van der Waals surface area contributed by atoms with Crippen molar-refractivity contribution in [2.24, 2.45) is 0 Å². The summed E-state index contributed by atoms with van der Waals surface area (Å²) in [5.41, 5.74) is 0. The zero-order valence-electron chi connectivity index (χ0n) is 11.3. The number of alkyl halides is 1. The van der Waals surface area contributed by atoms with E-state index in [1.54, 1.807) is 0 Å². The van der Waals surface area contributed by atoms with Crippen molar-refractivity contribution in [2.75, 3.05) is 19.0 Å². The monoisotopic (exact) mass is 350 g/mol. The van der Waals surface area contributed by atoms with E-state index in [9.17, 15) is 13.2 Å². The predicted molar refractivity (Wildman–Crippen MR) is 82.1 cm³/mol. The van der Waals surface area contributed by atoms with Crippen LogP contribution in [0.2, 0.25) is 5.02 Å². The normalized spacial score (nSPS) is 19.6. The third kappa shape index (κ3) is 3.69. The molecule has 1 N–H and O–H groups in total. The summed E-state index contributed by atoms with van der Waals surface area (Å²) in [7, 11) is -3.69. The van der Waals surface area contributed by atoms with Crippen molar-refractivity contribution in [1.82, 2.24) is 9.62 Å². The summed E-state index contributed by atoms with van der Waals surface area (Å²) in [5, 5.41) is 3.10. The van der Waals surface area contributed by atoms with Gasteiger partial charge in [0.2, 0.25) is 15.9 Å². The Kier molecular flexibility index (Phi) is 5.48. The van der Waals surface area contributed by atoms with E-state index in [4.69, 9.17) is 23.2 Å². The van der Waals surface area contributed by atoms with Crippen LogP contribution >= 0.6 is 23.2 Å².